The van der Waals surface area contributed by atoms with Crippen molar-refractivity contribution in [2.45, 2.75) is 0 Å². The third-order valence-corrected chi connectivity index (χ3v) is 4.62. The van der Waals surface area contributed by atoms with Crippen LogP contribution in [0.3, 0.4) is 0 Å². The summed E-state index contributed by atoms with van der Waals surface area (Å²) in [6.45, 7) is 0. The molecular formula is C17H8ClFN2OS. The molecule has 0 saturated heterocycles. The van der Waals surface area contributed by atoms with Gasteiger partial charge in [0.05, 0.1) is 16.0 Å². The van der Waals surface area contributed by atoms with E-state index in [1.54, 1.807) is 35.8 Å². The molecule has 0 N–H and O–H groups in total. The number of halogens is 2. The summed E-state index contributed by atoms with van der Waals surface area (Å²) in [5.74, 6) is -0.608. The van der Waals surface area contributed by atoms with Gasteiger partial charge in [-0.2, -0.15) is 5.26 Å². The van der Waals surface area contributed by atoms with E-state index in [0.717, 1.165) is 6.29 Å². The maximum absolute atomic E-state index is 13.9. The lowest BCUT2D eigenvalue weighted by Crippen LogP contribution is -1.93. The number of nitrogens with zero attached hydrogens (tertiary/aromatic N) is 2. The number of hydrogen-bond acceptors (Lipinski definition) is 4. The highest BCUT2D eigenvalue weighted by Gasteiger charge is 2.17. The SMILES string of the molecule is N#Cc1ccc(-c2cccc(C=O)c2-c2scnc2Cl)cc1F. The lowest BCUT2D eigenvalue weighted by Gasteiger charge is -2.11. The van der Waals surface area contributed by atoms with Crippen molar-refractivity contribution in [2.75, 3.05) is 0 Å². The van der Waals surface area contributed by atoms with Gasteiger partial charge in [0.1, 0.15) is 17.0 Å². The van der Waals surface area contributed by atoms with Crippen molar-refractivity contribution in [1.29, 1.82) is 5.26 Å². The second kappa shape index (κ2) is 6.29. The normalized spacial score (nSPS) is 10.3. The Hall–Kier alpha value is -2.55. The molecule has 2 aromatic carbocycles. The molecule has 0 saturated carbocycles. The number of carbonyl (C=O) groups is 1. The number of hydrogen-bond donors (Lipinski definition) is 0. The smallest absolute Gasteiger partial charge is 0.150 e. The van der Waals surface area contributed by atoms with Gasteiger partial charge in [0.2, 0.25) is 0 Å². The highest BCUT2D eigenvalue weighted by molar-refractivity contribution is 7.14. The molecular weight excluding hydrogens is 335 g/mol. The van der Waals surface area contributed by atoms with Crippen LogP contribution in [0.1, 0.15) is 15.9 Å². The van der Waals surface area contributed by atoms with Gasteiger partial charge >= 0.3 is 0 Å². The summed E-state index contributed by atoms with van der Waals surface area (Å²) >= 11 is 7.41. The molecule has 0 amide bonds. The molecule has 3 rings (SSSR count). The number of benzene rings is 2. The van der Waals surface area contributed by atoms with Crippen molar-refractivity contribution in [3.8, 4) is 27.6 Å². The van der Waals surface area contributed by atoms with Crippen molar-refractivity contribution in [2.24, 2.45) is 0 Å². The molecule has 0 bridgehead atoms. The average Bonchev–Trinajstić information content (AvgIpc) is 2.99. The van der Waals surface area contributed by atoms with Crippen LogP contribution in [0.2, 0.25) is 5.15 Å². The number of carbonyl (C=O) groups excluding carboxylic acids is 1. The Balaban J connectivity index is 2.29. The van der Waals surface area contributed by atoms with Gasteiger partial charge in [-0.25, -0.2) is 9.37 Å². The van der Waals surface area contributed by atoms with Crippen LogP contribution in [0.4, 0.5) is 4.39 Å². The zero-order valence-electron chi connectivity index (χ0n) is 11.6. The minimum atomic E-state index is -0.608. The van der Waals surface area contributed by atoms with Crippen molar-refractivity contribution < 1.29 is 9.18 Å². The van der Waals surface area contributed by atoms with E-state index >= 15 is 0 Å². The van der Waals surface area contributed by atoms with Crippen molar-refractivity contribution in [1.82, 2.24) is 4.98 Å². The van der Waals surface area contributed by atoms with Gasteiger partial charge in [-0.1, -0.05) is 35.9 Å². The molecule has 23 heavy (non-hydrogen) atoms. The topological polar surface area (TPSA) is 53.8 Å². The number of aromatic nitrogens is 1. The molecule has 0 spiro atoms. The highest BCUT2D eigenvalue weighted by Crippen LogP contribution is 2.40. The average molecular weight is 343 g/mol. The molecule has 1 heterocycles. The molecule has 0 aliphatic heterocycles. The van der Waals surface area contributed by atoms with Gasteiger partial charge in [-0.3, -0.25) is 4.79 Å². The Morgan fingerprint density at radius 2 is 2.13 bits per heavy atom. The zero-order chi connectivity index (χ0) is 16.4. The Morgan fingerprint density at radius 3 is 2.74 bits per heavy atom. The predicted octanol–water partition coefficient (Wildman–Crippen LogP) is 4.95. The van der Waals surface area contributed by atoms with E-state index in [9.17, 15) is 9.18 Å². The molecule has 3 aromatic rings. The summed E-state index contributed by atoms with van der Waals surface area (Å²) in [6, 6.07) is 11.3. The van der Waals surface area contributed by atoms with E-state index in [1.807, 2.05) is 0 Å². The Bertz CT molecular complexity index is 946. The van der Waals surface area contributed by atoms with Crippen LogP contribution >= 0.6 is 22.9 Å². The van der Waals surface area contributed by atoms with Gasteiger partial charge in [0, 0.05) is 11.1 Å². The maximum Gasteiger partial charge on any atom is 0.150 e. The summed E-state index contributed by atoms with van der Waals surface area (Å²) in [5, 5.41) is 9.13. The Kier molecular flexibility index (Phi) is 4.20. The summed E-state index contributed by atoms with van der Waals surface area (Å²) < 4.78 is 13.9. The number of aldehydes is 1. The third kappa shape index (κ3) is 2.74. The number of nitriles is 1. The molecule has 0 fully saturated rings. The van der Waals surface area contributed by atoms with Gasteiger partial charge in [0.25, 0.3) is 0 Å². The minimum Gasteiger partial charge on any atom is -0.298 e. The van der Waals surface area contributed by atoms with Crippen molar-refractivity contribution in [3.63, 3.8) is 0 Å². The molecule has 6 heteroatoms. The highest BCUT2D eigenvalue weighted by atomic mass is 35.5. The molecule has 0 aliphatic carbocycles. The fraction of sp³-hybridized carbons (Fsp3) is 0. The second-order valence-corrected chi connectivity index (χ2v) is 5.88. The van der Waals surface area contributed by atoms with Crippen LogP contribution < -0.4 is 0 Å². The van der Waals surface area contributed by atoms with Crippen LogP contribution in [0.15, 0.2) is 41.9 Å². The second-order valence-electron chi connectivity index (χ2n) is 4.67. The summed E-state index contributed by atoms with van der Waals surface area (Å²) in [6.07, 6.45) is 0.731. The first-order valence-electron chi connectivity index (χ1n) is 6.53. The first kappa shape index (κ1) is 15.3. The van der Waals surface area contributed by atoms with Crippen LogP contribution in [0.5, 0.6) is 0 Å². The van der Waals surface area contributed by atoms with E-state index in [1.165, 1.54) is 23.5 Å². The van der Waals surface area contributed by atoms with E-state index in [-0.39, 0.29) is 5.56 Å². The molecule has 0 unspecified atom stereocenters. The molecule has 1 aromatic heterocycles. The van der Waals surface area contributed by atoms with Crippen molar-refractivity contribution >= 4 is 29.2 Å². The van der Waals surface area contributed by atoms with Crippen LogP contribution in [0.25, 0.3) is 21.6 Å². The van der Waals surface area contributed by atoms with Crippen molar-refractivity contribution in [3.05, 3.63) is 64.0 Å². The molecule has 0 atom stereocenters. The quantitative estimate of drug-likeness (QED) is 0.632. The minimum absolute atomic E-state index is 0.0299. The van der Waals surface area contributed by atoms with E-state index in [0.29, 0.717) is 32.3 Å². The van der Waals surface area contributed by atoms with Gasteiger partial charge in [-0.05, 0) is 23.3 Å². The maximum atomic E-state index is 13.9. The number of thiazole rings is 1. The van der Waals surface area contributed by atoms with Crippen LogP contribution in [-0.4, -0.2) is 11.3 Å². The lowest BCUT2D eigenvalue weighted by molar-refractivity contribution is 0.112. The van der Waals surface area contributed by atoms with E-state index in [4.69, 9.17) is 16.9 Å². The van der Waals surface area contributed by atoms with E-state index < -0.39 is 5.82 Å². The molecule has 0 aliphatic rings. The van der Waals surface area contributed by atoms with E-state index in [2.05, 4.69) is 4.98 Å². The Labute approximate surface area is 140 Å². The summed E-state index contributed by atoms with van der Waals surface area (Å²) in [7, 11) is 0. The first-order valence-corrected chi connectivity index (χ1v) is 7.79. The molecule has 112 valence electrons. The zero-order valence-corrected chi connectivity index (χ0v) is 13.2. The standard InChI is InChI=1S/C17H8ClFN2OS/c18-17-16(23-9-21-17)15-12(8-22)2-1-3-13(15)10-4-5-11(7-20)14(19)6-10/h1-6,8-9H. The summed E-state index contributed by atoms with van der Waals surface area (Å²) in [5.41, 5.74) is 3.83. The predicted molar refractivity (Wildman–Crippen MR) is 88.1 cm³/mol. The molecule has 0 radical (unpaired) electrons. The van der Waals surface area contributed by atoms with Crippen LogP contribution in [-0.2, 0) is 0 Å². The summed E-state index contributed by atoms with van der Waals surface area (Å²) in [4.78, 5) is 16.1. The van der Waals surface area contributed by atoms with Gasteiger partial charge < -0.3 is 0 Å². The third-order valence-electron chi connectivity index (χ3n) is 3.38. The van der Waals surface area contributed by atoms with Gasteiger partial charge in [-0.15, -0.1) is 11.3 Å². The first-order chi connectivity index (χ1) is 11.2. The lowest BCUT2D eigenvalue weighted by atomic mass is 9.94. The monoisotopic (exact) mass is 342 g/mol. The van der Waals surface area contributed by atoms with Gasteiger partial charge in [0.15, 0.2) is 6.29 Å². The van der Waals surface area contributed by atoms with Crippen LogP contribution in [0, 0.1) is 17.1 Å². The largest absolute Gasteiger partial charge is 0.298 e. The number of rotatable bonds is 3. The fourth-order valence-electron chi connectivity index (χ4n) is 2.33. The fourth-order valence-corrected chi connectivity index (χ4v) is 3.42. The Morgan fingerprint density at radius 1 is 1.30 bits per heavy atom. The molecule has 3 nitrogen and oxygen atoms in total.